The van der Waals surface area contributed by atoms with E-state index in [-0.39, 0.29) is 29.8 Å². The van der Waals surface area contributed by atoms with Crippen LogP contribution < -0.4 is 10.6 Å². The molecule has 2 heterocycles. The number of ketones is 1. The van der Waals surface area contributed by atoms with E-state index in [0.717, 1.165) is 47.3 Å². The third-order valence-electron chi connectivity index (χ3n) is 6.80. The fourth-order valence-electron chi connectivity index (χ4n) is 5.35. The zero-order chi connectivity index (χ0) is 22.1. The average molecular weight is 451 g/mol. The summed E-state index contributed by atoms with van der Waals surface area (Å²) >= 11 is 1.88. The van der Waals surface area contributed by atoms with Gasteiger partial charge in [-0.15, -0.1) is 0 Å². The third kappa shape index (κ3) is 3.79. The highest BCUT2D eigenvalue weighted by molar-refractivity contribution is 8.00. The number of Topliss-reactive ketones (excluding diaryl/α,β-unsaturated/α-hetero) is 1. The molecule has 2 N–H and O–H groups in total. The standard InChI is InChI=1S/C25H26N2O4S/c28-14-31-24(22-17-9-3-1-7-15(17)16-8-2-4-10-18(16)22)20(29)11-5-6-12-21-23-19(13-32-21)26-25(30)27-23/h1-4,7-10,14,19,21-24H,5-6,11-13H2,(H2,26,27,30)/t19-,21-,23-,24?/m0/s1. The van der Waals surface area contributed by atoms with Gasteiger partial charge >= 0.3 is 6.03 Å². The van der Waals surface area contributed by atoms with Crippen LogP contribution in [0.25, 0.3) is 11.1 Å². The first-order valence-electron chi connectivity index (χ1n) is 11.2. The highest BCUT2D eigenvalue weighted by Gasteiger charge is 2.43. The second-order valence-corrected chi connectivity index (χ2v) is 9.91. The van der Waals surface area contributed by atoms with E-state index in [2.05, 4.69) is 22.8 Å². The first-order chi connectivity index (χ1) is 15.7. The molecule has 2 saturated heterocycles. The van der Waals surface area contributed by atoms with Crippen LogP contribution in [0.5, 0.6) is 0 Å². The summed E-state index contributed by atoms with van der Waals surface area (Å²) in [6.07, 6.45) is 2.14. The first-order valence-corrected chi connectivity index (χ1v) is 12.2. The lowest BCUT2D eigenvalue weighted by Crippen LogP contribution is -2.36. The number of amides is 2. The predicted molar refractivity (Wildman–Crippen MR) is 124 cm³/mol. The number of hydrogen-bond acceptors (Lipinski definition) is 5. The van der Waals surface area contributed by atoms with Crippen molar-refractivity contribution in [2.75, 3.05) is 5.75 Å². The zero-order valence-electron chi connectivity index (χ0n) is 17.7. The smallest absolute Gasteiger partial charge is 0.315 e. The number of ether oxygens (including phenoxy) is 1. The molecular formula is C25H26N2O4S. The average Bonchev–Trinajstić information content (AvgIpc) is 3.46. The van der Waals surface area contributed by atoms with E-state index in [0.29, 0.717) is 18.1 Å². The van der Waals surface area contributed by atoms with Crippen LogP contribution in [0.15, 0.2) is 48.5 Å². The largest absolute Gasteiger partial charge is 0.456 e. The van der Waals surface area contributed by atoms with Crippen molar-refractivity contribution < 1.29 is 19.1 Å². The highest BCUT2D eigenvalue weighted by Crippen LogP contribution is 2.47. The van der Waals surface area contributed by atoms with Crippen LogP contribution in [-0.4, -0.2) is 47.5 Å². The van der Waals surface area contributed by atoms with Crippen LogP contribution in [-0.2, 0) is 14.3 Å². The molecular weight excluding hydrogens is 424 g/mol. The molecule has 0 spiro atoms. The minimum atomic E-state index is -0.819. The van der Waals surface area contributed by atoms with Crippen molar-refractivity contribution in [1.29, 1.82) is 0 Å². The molecule has 5 rings (SSSR count). The summed E-state index contributed by atoms with van der Waals surface area (Å²) in [5.41, 5.74) is 4.26. The molecule has 1 aliphatic carbocycles. The van der Waals surface area contributed by atoms with Crippen molar-refractivity contribution in [3.05, 3.63) is 59.7 Å². The lowest BCUT2D eigenvalue weighted by Gasteiger charge is -2.23. The molecule has 3 aliphatic rings. The van der Waals surface area contributed by atoms with Gasteiger partial charge in [-0.05, 0) is 35.1 Å². The maximum absolute atomic E-state index is 13.2. The maximum atomic E-state index is 13.2. The monoisotopic (exact) mass is 450 g/mol. The number of fused-ring (bicyclic) bond motifs is 4. The molecule has 0 saturated carbocycles. The molecule has 166 valence electrons. The Hall–Kier alpha value is -2.80. The van der Waals surface area contributed by atoms with Gasteiger partial charge in [0.1, 0.15) is 0 Å². The summed E-state index contributed by atoms with van der Waals surface area (Å²) in [7, 11) is 0. The number of thioether (sulfide) groups is 1. The van der Waals surface area contributed by atoms with Crippen molar-refractivity contribution in [3.63, 3.8) is 0 Å². The topological polar surface area (TPSA) is 84.5 Å². The number of nitrogens with one attached hydrogen (secondary N) is 2. The summed E-state index contributed by atoms with van der Waals surface area (Å²) in [5.74, 6) is 0.621. The van der Waals surface area contributed by atoms with Crippen molar-refractivity contribution in [1.82, 2.24) is 10.6 Å². The van der Waals surface area contributed by atoms with Gasteiger partial charge in [-0.25, -0.2) is 4.79 Å². The Balaban J connectivity index is 1.24. The number of carbonyl (C=O) groups is 3. The van der Waals surface area contributed by atoms with Gasteiger partial charge in [0.2, 0.25) is 0 Å². The second-order valence-electron chi connectivity index (χ2n) is 8.64. The van der Waals surface area contributed by atoms with Crippen LogP contribution in [0.2, 0.25) is 0 Å². The van der Waals surface area contributed by atoms with Crippen LogP contribution in [0, 0.1) is 0 Å². The number of unbranched alkanes of at least 4 members (excludes halogenated alkanes) is 1. The van der Waals surface area contributed by atoms with E-state index in [1.807, 2.05) is 48.2 Å². The fourth-order valence-corrected chi connectivity index (χ4v) is 6.89. The number of urea groups is 1. The minimum Gasteiger partial charge on any atom is -0.456 e. The SMILES string of the molecule is O=COC(C(=O)CCCC[C@@H]1SC[C@@H]2NC(=O)N[C@@H]21)C1c2ccccc2-c2ccccc21. The van der Waals surface area contributed by atoms with E-state index in [4.69, 9.17) is 4.74 Å². The van der Waals surface area contributed by atoms with Gasteiger partial charge in [0, 0.05) is 17.4 Å². The highest BCUT2D eigenvalue weighted by atomic mass is 32.2. The Bertz CT molecular complexity index is 997. The van der Waals surface area contributed by atoms with Gasteiger partial charge in [-0.1, -0.05) is 55.0 Å². The van der Waals surface area contributed by atoms with Gasteiger partial charge < -0.3 is 15.4 Å². The lowest BCUT2D eigenvalue weighted by molar-refractivity contribution is -0.144. The van der Waals surface area contributed by atoms with Crippen molar-refractivity contribution in [2.45, 2.75) is 55.0 Å². The van der Waals surface area contributed by atoms with Gasteiger partial charge in [-0.3, -0.25) is 9.59 Å². The van der Waals surface area contributed by atoms with Gasteiger partial charge in [0.05, 0.1) is 18.0 Å². The lowest BCUT2D eigenvalue weighted by atomic mass is 9.87. The zero-order valence-corrected chi connectivity index (χ0v) is 18.5. The van der Waals surface area contributed by atoms with Gasteiger partial charge in [0.15, 0.2) is 11.9 Å². The van der Waals surface area contributed by atoms with Gasteiger partial charge in [0.25, 0.3) is 6.47 Å². The molecule has 0 bridgehead atoms. The second kappa shape index (κ2) is 8.98. The number of rotatable bonds is 9. The quantitative estimate of drug-likeness (QED) is 0.346. The van der Waals surface area contributed by atoms with E-state index in [9.17, 15) is 14.4 Å². The molecule has 7 heteroatoms. The Labute approximate surface area is 191 Å². The molecule has 6 nitrogen and oxygen atoms in total. The van der Waals surface area contributed by atoms with Crippen LogP contribution >= 0.6 is 11.8 Å². The Kier molecular flexibility index (Phi) is 5.91. The summed E-state index contributed by atoms with van der Waals surface area (Å²) in [4.78, 5) is 36.1. The molecule has 0 radical (unpaired) electrons. The molecule has 0 aromatic heterocycles. The summed E-state index contributed by atoms with van der Waals surface area (Å²) in [6, 6.07) is 16.4. The van der Waals surface area contributed by atoms with Crippen molar-refractivity contribution in [2.24, 2.45) is 0 Å². The molecule has 32 heavy (non-hydrogen) atoms. The van der Waals surface area contributed by atoms with E-state index in [1.54, 1.807) is 0 Å². The Morgan fingerprint density at radius 2 is 1.75 bits per heavy atom. The van der Waals surface area contributed by atoms with Gasteiger partial charge in [-0.2, -0.15) is 11.8 Å². The predicted octanol–water partition coefficient (Wildman–Crippen LogP) is 3.64. The summed E-state index contributed by atoms with van der Waals surface area (Å²) < 4.78 is 5.41. The minimum absolute atomic E-state index is 0.0404. The normalized spacial score (nSPS) is 24.1. The molecule has 2 aromatic rings. The van der Waals surface area contributed by atoms with Crippen LogP contribution in [0.3, 0.4) is 0 Å². The van der Waals surface area contributed by atoms with Crippen LogP contribution in [0.1, 0.15) is 42.7 Å². The summed E-state index contributed by atoms with van der Waals surface area (Å²) in [6.45, 7) is 0.400. The fraction of sp³-hybridized carbons (Fsp3) is 0.400. The number of carbonyl (C=O) groups excluding carboxylic acids is 3. The van der Waals surface area contributed by atoms with E-state index >= 15 is 0 Å². The first kappa shape index (κ1) is 21.1. The molecule has 2 aromatic carbocycles. The Morgan fingerprint density at radius 3 is 2.44 bits per heavy atom. The van der Waals surface area contributed by atoms with Crippen LogP contribution in [0.4, 0.5) is 4.79 Å². The molecule has 1 unspecified atom stereocenters. The van der Waals surface area contributed by atoms with E-state index in [1.165, 1.54) is 0 Å². The molecule has 2 amide bonds. The Morgan fingerprint density at radius 1 is 1.06 bits per heavy atom. The molecule has 4 atom stereocenters. The number of benzene rings is 2. The molecule has 2 fully saturated rings. The van der Waals surface area contributed by atoms with E-state index < -0.39 is 6.10 Å². The van der Waals surface area contributed by atoms with Crippen molar-refractivity contribution in [3.8, 4) is 11.1 Å². The maximum Gasteiger partial charge on any atom is 0.315 e. The number of hydrogen-bond donors (Lipinski definition) is 2. The molecule has 2 aliphatic heterocycles. The van der Waals surface area contributed by atoms with Crippen molar-refractivity contribution >= 4 is 30.0 Å². The summed E-state index contributed by atoms with van der Waals surface area (Å²) in [5, 5.41) is 6.35. The third-order valence-corrected chi connectivity index (χ3v) is 8.31.